The van der Waals surface area contributed by atoms with Crippen molar-refractivity contribution in [3.63, 3.8) is 0 Å². The van der Waals surface area contributed by atoms with Crippen LogP contribution in [0.15, 0.2) is 29.3 Å². The first kappa shape index (κ1) is 19.7. The maximum absolute atomic E-state index is 6.14. The van der Waals surface area contributed by atoms with Gasteiger partial charge in [-0.25, -0.2) is 9.67 Å². The van der Waals surface area contributed by atoms with Gasteiger partial charge in [0.05, 0.1) is 12.6 Å². The number of benzene rings is 1. The summed E-state index contributed by atoms with van der Waals surface area (Å²) in [5, 5.41) is 11.7. The normalized spacial score (nSPS) is 19.6. The molecular weight excluding hydrogens is 364 g/mol. The minimum absolute atomic E-state index is 0.289. The molecule has 2 aromatic rings. The molecule has 0 saturated heterocycles. The number of hydrogen-bond acceptors (Lipinski definition) is 4. The molecule has 1 aromatic heterocycles. The highest BCUT2D eigenvalue weighted by molar-refractivity contribution is 5.80. The number of nitrogens with zero attached hydrogens (tertiary/aromatic N) is 4. The molecule has 1 saturated carbocycles. The van der Waals surface area contributed by atoms with Crippen LogP contribution in [0.3, 0.4) is 0 Å². The van der Waals surface area contributed by atoms with Gasteiger partial charge in [0.15, 0.2) is 11.8 Å². The summed E-state index contributed by atoms with van der Waals surface area (Å²) in [6, 6.07) is 8.56. The number of hydrogen-bond donors (Lipinski definition) is 2. The Bertz CT molecular complexity index is 855. The highest BCUT2D eigenvalue weighted by Gasteiger charge is 2.23. The van der Waals surface area contributed by atoms with Crippen LogP contribution in [0.2, 0.25) is 0 Å². The molecule has 2 aliphatic rings. The summed E-state index contributed by atoms with van der Waals surface area (Å²) in [7, 11) is 1.81. The molecule has 1 aliphatic heterocycles. The van der Waals surface area contributed by atoms with Crippen LogP contribution in [0, 0.1) is 0 Å². The molecular formula is C22H32N6O. The Labute approximate surface area is 173 Å². The SMILES string of the molecule is CN=C(NCc1ccccc1OC1CCC1)NC1CCc2nc(C(C)C)nn2C1. The predicted molar refractivity (Wildman–Crippen MR) is 114 cm³/mol. The molecule has 1 atom stereocenters. The van der Waals surface area contributed by atoms with Gasteiger partial charge >= 0.3 is 0 Å². The third kappa shape index (κ3) is 4.71. The van der Waals surface area contributed by atoms with E-state index in [9.17, 15) is 0 Å². The van der Waals surface area contributed by atoms with E-state index >= 15 is 0 Å². The first-order valence-electron chi connectivity index (χ1n) is 10.8. The number of aryl methyl sites for hydroxylation is 1. The summed E-state index contributed by atoms with van der Waals surface area (Å²) in [6.45, 7) is 5.77. The van der Waals surface area contributed by atoms with Crippen molar-refractivity contribution in [1.82, 2.24) is 25.4 Å². The van der Waals surface area contributed by atoms with Crippen molar-refractivity contribution in [1.29, 1.82) is 0 Å². The van der Waals surface area contributed by atoms with E-state index in [-0.39, 0.29) is 6.04 Å². The van der Waals surface area contributed by atoms with E-state index in [0.29, 0.717) is 18.6 Å². The molecule has 1 fully saturated rings. The van der Waals surface area contributed by atoms with Crippen LogP contribution in [0.5, 0.6) is 5.75 Å². The molecule has 0 spiro atoms. The average molecular weight is 397 g/mol. The average Bonchev–Trinajstić information content (AvgIpc) is 3.12. The Morgan fingerprint density at radius 2 is 2.10 bits per heavy atom. The van der Waals surface area contributed by atoms with Crippen LogP contribution in [0.25, 0.3) is 0 Å². The van der Waals surface area contributed by atoms with Crippen molar-refractivity contribution in [2.24, 2.45) is 4.99 Å². The van der Waals surface area contributed by atoms with E-state index in [0.717, 1.165) is 61.1 Å². The van der Waals surface area contributed by atoms with E-state index in [4.69, 9.17) is 4.74 Å². The van der Waals surface area contributed by atoms with E-state index < -0.39 is 0 Å². The third-order valence-electron chi connectivity index (χ3n) is 5.72. The summed E-state index contributed by atoms with van der Waals surface area (Å²) >= 11 is 0. The van der Waals surface area contributed by atoms with Gasteiger partial charge in [0.2, 0.25) is 0 Å². The molecule has 0 bridgehead atoms. The van der Waals surface area contributed by atoms with Crippen molar-refractivity contribution in [2.75, 3.05) is 7.05 Å². The van der Waals surface area contributed by atoms with Crippen LogP contribution in [-0.4, -0.2) is 39.9 Å². The Morgan fingerprint density at radius 1 is 1.28 bits per heavy atom. The largest absolute Gasteiger partial charge is 0.490 e. The summed E-state index contributed by atoms with van der Waals surface area (Å²) < 4.78 is 8.19. The maximum Gasteiger partial charge on any atom is 0.191 e. The van der Waals surface area contributed by atoms with Gasteiger partial charge in [-0.3, -0.25) is 4.99 Å². The molecule has 0 radical (unpaired) electrons. The summed E-state index contributed by atoms with van der Waals surface area (Å²) in [5.74, 6) is 4.17. The highest BCUT2D eigenvalue weighted by Crippen LogP contribution is 2.27. The van der Waals surface area contributed by atoms with Crippen molar-refractivity contribution in [3.05, 3.63) is 41.5 Å². The van der Waals surface area contributed by atoms with Crippen LogP contribution >= 0.6 is 0 Å². The van der Waals surface area contributed by atoms with Crippen LogP contribution in [-0.2, 0) is 19.5 Å². The number of aromatic nitrogens is 3. The Morgan fingerprint density at radius 3 is 2.83 bits per heavy atom. The number of fused-ring (bicyclic) bond motifs is 1. The predicted octanol–water partition coefficient (Wildman–Crippen LogP) is 3.01. The Kier molecular flexibility index (Phi) is 6.02. The van der Waals surface area contributed by atoms with E-state index in [1.54, 1.807) is 0 Å². The fourth-order valence-corrected chi connectivity index (χ4v) is 3.69. The van der Waals surface area contributed by atoms with Crippen LogP contribution < -0.4 is 15.4 Å². The number of guanidine groups is 1. The zero-order valence-electron chi connectivity index (χ0n) is 17.7. The molecule has 4 rings (SSSR count). The van der Waals surface area contributed by atoms with Crippen molar-refractivity contribution in [2.45, 2.75) is 77.1 Å². The smallest absolute Gasteiger partial charge is 0.191 e. The van der Waals surface area contributed by atoms with E-state index in [1.807, 2.05) is 17.8 Å². The Balaban J connectivity index is 1.33. The van der Waals surface area contributed by atoms with Crippen LogP contribution in [0.4, 0.5) is 0 Å². The second-order valence-electron chi connectivity index (χ2n) is 8.31. The Hall–Kier alpha value is -2.57. The zero-order valence-corrected chi connectivity index (χ0v) is 17.7. The van der Waals surface area contributed by atoms with E-state index in [2.05, 4.69) is 57.8 Å². The number of rotatable bonds is 6. The summed E-state index contributed by atoms with van der Waals surface area (Å²) in [4.78, 5) is 9.08. The second-order valence-corrected chi connectivity index (χ2v) is 8.31. The number of ether oxygens (including phenoxy) is 1. The van der Waals surface area contributed by atoms with Gasteiger partial charge in [-0.05, 0) is 31.7 Å². The molecule has 2 N–H and O–H groups in total. The first-order valence-corrected chi connectivity index (χ1v) is 10.8. The highest BCUT2D eigenvalue weighted by atomic mass is 16.5. The molecule has 0 amide bonds. The van der Waals surface area contributed by atoms with Gasteiger partial charge < -0.3 is 15.4 Å². The lowest BCUT2D eigenvalue weighted by atomic mass is 9.96. The van der Waals surface area contributed by atoms with Gasteiger partial charge in [0.25, 0.3) is 0 Å². The van der Waals surface area contributed by atoms with Crippen molar-refractivity contribution < 1.29 is 4.74 Å². The van der Waals surface area contributed by atoms with Gasteiger partial charge in [-0.2, -0.15) is 5.10 Å². The molecule has 1 unspecified atom stereocenters. The lowest BCUT2D eigenvalue weighted by Gasteiger charge is -2.28. The third-order valence-corrected chi connectivity index (χ3v) is 5.72. The molecule has 2 heterocycles. The number of aliphatic imine (C=N–C) groups is 1. The number of para-hydroxylation sites is 1. The second kappa shape index (κ2) is 8.84. The van der Waals surface area contributed by atoms with Gasteiger partial charge in [-0.15, -0.1) is 0 Å². The zero-order chi connectivity index (χ0) is 20.2. The van der Waals surface area contributed by atoms with Crippen LogP contribution in [0.1, 0.15) is 62.7 Å². The lowest BCUT2D eigenvalue weighted by Crippen LogP contribution is -2.46. The topological polar surface area (TPSA) is 76.4 Å². The van der Waals surface area contributed by atoms with Crippen molar-refractivity contribution >= 4 is 5.96 Å². The molecule has 1 aromatic carbocycles. The molecule has 1 aliphatic carbocycles. The monoisotopic (exact) mass is 396 g/mol. The standard InChI is InChI=1S/C22H32N6O/c1-15(2)21-26-20-12-11-17(14-28(20)27-21)25-22(23-3)24-13-16-7-4-5-10-19(16)29-18-8-6-9-18/h4-5,7,10,15,17-18H,6,8-9,11-14H2,1-3H3,(H2,23,24,25). The lowest BCUT2D eigenvalue weighted by molar-refractivity contribution is 0.119. The molecule has 29 heavy (non-hydrogen) atoms. The fourth-order valence-electron chi connectivity index (χ4n) is 3.69. The molecule has 156 valence electrons. The molecule has 7 nitrogen and oxygen atoms in total. The minimum atomic E-state index is 0.289. The van der Waals surface area contributed by atoms with Gasteiger partial charge in [-0.1, -0.05) is 32.0 Å². The van der Waals surface area contributed by atoms with Gasteiger partial charge in [0, 0.05) is 37.5 Å². The van der Waals surface area contributed by atoms with Gasteiger partial charge in [0.1, 0.15) is 11.6 Å². The summed E-state index contributed by atoms with van der Waals surface area (Å²) in [5.41, 5.74) is 1.16. The maximum atomic E-state index is 6.14. The molecule has 7 heteroatoms. The first-order chi connectivity index (χ1) is 14.1. The summed E-state index contributed by atoms with van der Waals surface area (Å²) in [6.07, 6.45) is 5.94. The van der Waals surface area contributed by atoms with E-state index in [1.165, 1.54) is 6.42 Å². The quantitative estimate of drug-likeness (QED) is 0.580. The minimum Gasteiger partial charge on any atom is -0.490 e. The van der Waals surface area contributed by atoms with Crippen molar-refractivity contribution in [3.8, 4) is 5.75 Å². The number of nitrogens with one attached hydrogen (secondary N) is 2. The fraction of sp³-hybridized carbons (Fsp3) is 0.591.